The zero-order chi connectivity index (χ0) is 11.4. The van der Waals surface area contributed by atoms with Crippen LogP contribution in [0.3, 0.4) is 0 Å². The molecule has 15 heavy (non-hydrogen) atoms. The van der Waals surface area contributed by atoms with Crippen LogP contribution in [0.1, 0.15) is 18.9 Å². The molecule has 1 aromatic carbocycles. The number of allylic oxidation sites excluding steroid dienone is 1. The molecule has 2 N–H and O–H groups in total. The molecule has 0 aliphatic heterocycles. The molecule has 4 heteroatoms. The molecule has 78 valence electrons. The Morgan fingerprint density at radius 1 is 1.53 bits per heavy atom. The van der Waals surface area contributed by atoms with Crippen molar-refractivity contribution in [2.45, 2.75) is 13.3 Å². The molecule has 0 saturated carbocycles. The first-order chi connectivity index (χ1) is 7.08. The van der Waals surface area contributed by atoms with Crippen LogP contribution in [-0.2, 0) is 0 Å². The molecule has 0 amide bonds. The van der Waals surface area contributed by atoms with Crippen LogP contribution in [0.4, 0.5) is 4.39 Å². The van der Waals surface area contributed by atoms with Crippen molar-refractivity contribution < 1.29 is 4.39 Å². The number of hydrogen-bond acceptors (Lipinski definition) is 2. The lowest BCUT2D eigenvalue weighted by molar-refractivity contribution is 0.626. The molecule has 0 bridgehead atoms. The van der Waals surface area contributed by atoms with Gasteiger partial charge in [-0.25, -0.2) is 4.39 Å². The van der Waals surface area contributed by atoms with E-state index >= 15 is 0 Å². The van der Waals surface area contributed by atoms with Gasteiger partial charge in [-0.2, -0.15) is 5.26 Å². The van der Waals surface area contributed by atoms with Gasteiger partial charge in [0.05, 0.1) is 17.3 Å². The average Bonchev–Trinajstić information content (AvgIpc) is 2.18. The first kappa shape index (κ1) is 11.7. The Balaban J connectivity index is 3.28. The Hall–Kier alpha value is -1.34. The van der Waals surface area contributed by atoms with Gasteiger partial charge in [-0.15, -0.1) is 0 Å². The van der Waals surface area contributed by atoms with E-state index in [0.717, 1.165) is 0 Å². The lowest BCUT2D eigenvalue weighted by Gasteiger charge is -2.05. The van der Waals surface area contributed by atoms with Gasteiger partial charge in [0.2, 0.25) is 0 Å². The van der Waals surface area contributed by atoms with Crippen molar-refractivity contribution in [3.05, 3.63) is 39.6 Å². The Bertz CT molecular complexity index is 426. The van der Waals surface area contributed by atoms with E-state index in [9.17, 15) is 4.39 Å². The molecular weight excluding hydrogens is 259 g/mol. The average molecular weight is 269 g/mol. The van der Waals surface area contributed by atoms with E-state index < -0.39 is 0 Å². The topological polar surface area (TPSA) is 49.8 Å². The summed E-state index contributed by atoms with van der Waals surface area (Å²) >= 11 is 3.17. The Kier molecular flexibility index (Phi) is 3.87. The van der Waals surface area contributed by atoms with Gasteiger partial charge >= 0.3 is 0 Å². The molecule has 0 radical (unpaired) electrons. The minimum Gasteiger partial charge on any atom is -0.397 e. The summed E-state index contributed by atoms with van der Waals surface area (Å²) < 4.78 is 13.7. The quantitative estimate of drug-likeness (QED) is 0.838. The summed E-state index contributed by atoms with van der Waals surface area (Å²) in [6.45, 7) is 1.83. The molecule has 0 aliphatic carbocycles. The highest BCUT2D eigenvalue weighted by atomic mass is 79.9. The van der Waals surface area contributed by atoms with Gasteiger partial charge in [-0.1, -0.05) is 22.9 Å². The van der Waals surface area contributed by atoms with E-state index in [1.165, 1.54) is 12.1 Å². The van der Waals surface area contributed by atoms with Crippen molar-refractivity contribution in [2.75, 3.05) is 0 Å². The Morgan fingerprint density at radius 3 is 2.67 bits per heavy atom. The number of rotatable bonds is 2. The van der Waals surface area contributed by atoms with Gasteiger partial charge in [-0.05, 0) is 24.6 Å². The molecular formula is C11H10BrFN2. The van der Waals surface area contributed by atoms with Crippen LogP contribution in [0.15, 0.2) is 28.2 Å². The fraction of sp³-hybridized carbons (Fsp3) is 0.182. The monoisotopic (exact) mass is 268 g/mol. The van der Waals surface area contributed by atoms with Gasteiger partial charge in [0.15, 0.2) is 0 Å². The van der Waals surface area contributed by atoms with Crippen molar-refractivity contribution in [1.29, 1.82) is 5.26 Å². The molecule has 0 unspecified atom stereocenters. The Labute approximate surface area is 96.3 Å². The zero-order valence-corrected chi connectivity index (χ0v) is 9.81. The number of nitrogens with two attached hydrogens (primary N) is 1. The normalized spacial score (nSPS) is 11.9. The lowest BCUT2D eigenvalue weighted by atomic mass is 10.1. The van der Waals surface area contributed by atoms with Gasteiger partial charge in [0.1, 0.15) is 5.82 Å². The second-order valence-electron chi connectivity index (χ2n) is 3.02. The molecule has 1 aromatic rings. The summed E-state index contributed by atoms with van der Waals surface area (Å²) in [7, 11) is 0. The predicted molar refractivity (Wildman–Crippen MR) is 61.1 cm³/mol. The Morgan fingerprint density at radius 2 is 2.20 bits per heavy atom. The third kappa shape index (κ3) is 2.80. The molecule has 0 aromatic heterocycles. The smallest absolute Gasteiger partial charge is 0.125 e. The largest absolute Gasteiger partial charge is 0.397 e. The highest BCUT2D eigenvalue weighted by Crippen LogP contribution is 2.21. The van der Waals surface area contributed by atoms with Crippen LogP contribution < -0.4 is 5.73 Å². The van der Waals surface area contributed by atoms with Crippen LogP contribution in [0.25, 0.3) is 5.70 Å². The predicted octanol–water partition coefficient (Wildman–Crippen LogP) is 3.19. The summed E-state index contributed by atoms with van der Waals surface area (Å²) in [4.78, 5) is 0. The number of hydrogen-bond donors (Lipinski definition) is 1. The fourth-order valence-corrected chi connectivity index (χ4v) is 1.68. The molecule has 0 saturated heterocycles. The van der Waals surface area contributed by atoms with Gasteiger partial charge in [-0.3, -0.25) is 0 Å². The van der Waals surface area contributed by atoms with E-state index in [1.807, 2.05) is 13.0 Å². The highest BCUT2D eigenvalue weighted by molar-refractivity contribution is 9.10. The summed E-state index contributed by atoms with van der Waals surface area (Å²) in [5, 5.41) is 8.80. The third-order valence-electron chi connectivity index (χ3n) is 1.99. The fourth-order valence-electron chi connectivity index (χ4n) is 1.21. The molecule has 2 nitrogen and oxygen atoms in total. The molecule has 0 fully saturated rings. The summed E-state index contributed by atoms with van der Waals surface area (Å²) in [5.74, 6) is -0.379. The maximum Gasteiger partial charge on any atom is 0.125 e. The number of nitriles is 1. The highest BCUT2D eigenvalue weighted by Gasteiger charge is 2.06. The van der Waals surface area contributed by atoms with E-state index in [-0.39, 0.29) is 5.82 Å². The number of nitrogens with zero attached hydrogens (tertiary/aromatic N) is 1. The van der Waals surface area contributed by atoms with Crippen molar-refractivity contribution in [3.8, 4) is 6.07 Å². The lowest BCUT2D eigenvalue weighted by Crippen LogP contribution is -2.01. The molecule has 0 aliphatic rings. The number of benzene rings is 1. The zero-order valence-electron chi connectivity index (χ0n) is 8.22. The molecule has 0 atom stereocenters. The summed E-state index contributed by atoms with van der Waals surface area (Å²) in [6.07, 6.45) is 0.538. The van der Waals surface area contributed by atoms with Gasteiger partial charge < -0.3 is 5.73 Å². The summed E-state index contributed by atoms with van der Waals surface area (Å²) in [6, 6.07) is 6.35. The van der Waals surface area contributed by atoms with E-state index in [2.05, 4.69) is 15.9 Å². The summed E-state index contributed by atoms with van der Waals surface area (Å²) in [5.41, 5.74) is 7.09. The van der Waals surface area contributed by atoms with Crippen molar-refractivity contribution in [3.63, 3.8) is 0 Å². The standard InChI is InChI=1S/C11H10BrFN2/c1-2-7(6-14)11(15)8-3-9(12)5-10(13)4-8/h3-5H,2,15H2,1H3/b11-7-. The van der Waals surface area contributed by atoms with Crippen molar-refractivity contribution in [1.82, 2.24) is 0 Å². The van der Waals surface area contributed by atoms with Gasteiger partial charge in [0, 0.05) is 10.0 Å². The second kappa shape index (κ2) is 4.94. The van der Waals surface area contributed by atoms with Crippen LogP contribution in [0, 0.1) is 17.1 Å². The van der Waals surface area contributed by atoms with E-state index in [1.54, 1.807) is 6.07 Å². The van der Waals surface area contributed by atoms with E-state index in [0.29, 0.717) is 27.7 Å². The number of halogens is 2. The molecule has 0 spiro atoms. The maximum atomic E-state index is 13.1. The van der Waals surface area contributed by atoms with Crippen LogP contribution in [0.5, 0.6) is 0 Å². The first-order valence-electron chi connectivity index (χ1n) is 4.43. The third-order valence-corrected chi connectivity index (χ3v) is 2.45. The van der Waals surface area contributed by atoms with Crippen molar-refractivity contribution >= 4 is 21.6 Å². The van der Waals surface area contributed by atoms with Crippen LogP contribution in [-0.4, -0.2) is 0 Å². The molecule has 0 heterocycles. The van der Waals surface area contributed by atoms with E-state index in [4.69, 9.17) is 11.0 Å². The minimum atomic E-state index is -0.379. The SMILES string of the molecule is CC/C(C#N)=C(/N)c1cc(F)cc(Br)c1. The van der Waals surface area contributed by atoms with Crippen LogP contribution >= 0.6 is 15.9 Å². The van der Waals surface area contributed by atoms with Gasteiger partial charge in [0.25, 0.3) is 0 Å². The molecule has 1 rings (SSSR count). The minimum absolute atomic E-state index is 0.334. The first-order valence-corrected chi connectivity index (χ1v) is 5.23. The maximum absolute atomic E-state index is 13.1. The van der Waals surface area contributed by atoms with Crippen molar-refractivity contribution in [2.24, 2.45) is 5.73 Å². The van der Waals surface area contributed by atoms with Crippen LogP contribution in [0.2, 0.25) is 0 Å². The second-order valence-corrected chi connectivity index (χ2v) is 3.93.